The highest BCUT2D eigenvalue weighted by Gasteiger charge is 2.07. The van der Waals surface area contributed by atoms with Gasteiger partial charge in [0.25, 0.3) is 0 Å². The van der Waals surface area contributed by atoms with Gasteiger partial charge in [0.1, 0.15) is 0 Å². The average molecular weight is 260 g/mol. The van der Waals surface area contributed by atoms with E-state index in [1.165, 1.54) is 0 Å². The van der Waals surface area contributed by atoms with Crippen LogP contribution in [0.25, 0.3) is 0 Å². The van der Waals surface area contributed by atoms with E-state index in [4.69, 9.17) is 9.84 Å². The predicted molar refractivity (Wildman–Crippen MR) is 64.1 cm³/mol. The van der Waals surface area contributed by atoms with Gasteiger partial charge in [-0.05, 0) is 19.8 Å². The monoisotopic (exact) mass is 260 g/mol. The first-order chi connectivity index (χ1) is 8.56. The summed E-state index contributed by atoms with van der Waals surface area (Å²) in [5, 5.41) is 13.0. The molecule has 0 spiro atoms. The van der Waals surface area contributed by atoms with Gasteiger partial charge in [0.2, 0.25) is 5.91 Å². The molecule has 0 atom stereocenters. The van der Waals surface area contributed by atoms with Crippen molar-refractivity contribution in [2.75, 3.05) is 19.8 Å². The van der Waals surface area contributed by atoms with Crippen molar-refractivity contribution in [2.45, 2.75) is 32.6 Å². The standard InChI is InChI=1S/C11H20N2O5/c1-2-18-8-7-12-11(17)13-9(14)5-3-4-6-10(15)16/h2-8H2,1H3,(H,15,16)(H2,12,13,14,17). The van der Waals surface area contributed by atoms with Crippen LogP contribution in [0.5, 0.6) is 0 Å². The number of nitrogens with one attached hydrogen (secondary N) is 2. The largest absolute Gasteiger partial charge is 0.481 e. The normalized spacial score (nSPS) is 9.83. The summed E-state index contributed by atoms with van der Waals surface area (Å²) in [5.74, 6) is -1.29. The number of ether oxygens (including phenoxy) is 1. The quantitative estimate of drug-likeness (QED) is 0.523. The fourth-order valence-corrected chi connectivity index (χ4v) is 1.18. The van der Waals surface area contributed by atoms with Gasteiger partial charge in [-0.15, -0.1) is 0 Å². The second-order valence-electron chi connectivity index (χ2n) is 3.60. The maximum atomic E-state index is 11.2. The molecule has 0 aromatic heterocycles. The number of unbranched alkanes of at least 4 members (excludes halogenated alkanes) is 1. The highest BCUT2D eigenvalue weighted by molar-refractivity contribution is 5.94. The van der Waals surface area contributed by atoms with E-state index >= 15 is 0 Å². The molecule has 3 amide bonds. The van der Waals surface area contributed by atoms with Crippen LogP contribution >= 0.6 is 0 Å². The zero-order chi connectivity index (χ0) is 13.8. The summed E-state index contributed by atoms with van der Waals surface area (Å²) >= 11 is 0. The van der Waals surface area contributed by atoms with Gasteiger partial charge >= 0.3 is 12.0 Å². The molecule has 18 heavy (non-hydrogen) atoms. The zero-order valence-corrected chi connectivity index (χ0v) is 10.5. The van der Waals surface area contributed by atoms with Gasteiger partial charge in [0, 0.05) is 26.0 Å². The van der Waals surface area contributed by atoms with Crippen LogP contribution in [0, 0.1) is 0 Å². The molecule has 104 valence electrons. The first-order valence-electron chi connectivity index (χ1n) is 5.93. The summed E-state index contributed by atoms with van der Waals surface area (Å²) in [7, 11) is 0. The molecule has 0 aliphatic carbocycles. The topological polar surface area (TPSA) is 105 Å². The van der Waals surface area contributed by atoms with Crippen molar-refractivity contribution >= 4 is 17.9 Å². The number of carboxylic acids is 1. The summed E-state index contributed by atoms with van der Waals surface area (Å²) in [6, 6.07) is -0.557. The summed E-state index contributed by atoms with van der Waals surface area (Å²) in [5.41, 5.74) is 0. The fraction of sp³-hybridized carbons (Fsp3) is 0.727. The van der Waals surface area contributed by atoms with Crippen LogP contribution in [-0.4, -0.2) is 42.8 Å². The highest BCUT2D eigenvalue weighted by Crippen LogP contribution is 1.99. The fourth-order valence-electron chi connectivity index (χ4n) is 1.18. The number of hydrogen-bond donors (Lipinski definition) is 3. The van der Waals surface area contributed by atoms with Gasteiger partial charge in [-0.1, -0.05) is 0 Å². The number of amides is 3. The Morgan fingerprint density at radius 3 is 2.44 bits per heavy atom. The lowest BCUT2D eigenvalue weighted by Crippen LogP contribution is -2.40. The third-order valence-electron chi connectivity index (χ3n) is 2.03. The Morgan fingerprint density at radius 2 is 1.83 bits per heavy atom. The third kappa shape index (κ3) is 10.9. The summed E-state index contributed by atoms with van der Waals surface area (Å²) in [4.78, 5) is 32.6. The molecule has 0 aromatic rings. The molecule has 0 aliphatic rings. The van der Waals surface area contributed by atoms with Crippen LogP contribution in [0.4, 0.5) is 4.79 Å². The van der Waals surface area contributed by atoms with Gasteiger partial charge in [-0.3, -0.25) is 14.9 Å². The van der Waals surface area contributed by atoms with Crippen molar-refractivity contribution in [3.05, 3.63) is 0 Å². The molecule has 7 nitrogen and oxygen atoms in total. The molecule has 3 N–H and O–H groups in total. The van der Waals surface area contributed by atoms with E-state index < -0.39 is 17.9 Å². The Morgan fingerprint density at radius 1 is 1.17 bits per heavy atom. The van der Waals surface area contributed by atoms with E-state index in [2.05, 4.69) is 10.6 Å². The molecule has 0 aliphatic heterocycles. The van der Waals surface area contributed by atoms with E-state index in [0.29, 0.717) is 32.6 Å². The summed E-state index contributed by atoms with van der Waals surface area (Å²) < 4.78 is 5.01. The minimum atomic E-state index is -0.885. The predicted octanol–water partition coefficient (Wildman–Crippen LogP) is 0.494. The smallest absolute Gasteiger partial charge is 0.321 e. The Balaban J connectivity index is 3.49. The number of urea groups is 1. The number of carbonyl (C=O) groups excluding carboxylic acids is 2. The second-order valence-corrected chi connectivity index (χ2v) is 3.60. The lowest BCUT2D eigenvalue weighted by atomic mass is 10.2. The zero-order valence-electron chi connectivity index (χ0n) is 10.5. The molecule has 0 saturated heterocycles. The lowest BCUT2D eigenvalue weighted by Gasteiger charge is -2.06. The molecular weight excluding hydrogens is 240 g/mol. The molecular formula is C11H20N2O5. The number of carbonyl (C=O) groups is 3. The van der Waals surface area contributed by atoms with Crippen LogP contribution in [-0.2, 0) is 14.3 Å². The van der Waals surface area contributed by atoms with E-state index in [1.807, 2.05) is 6.92 Å². The summed E-state index contributed by atoms with van der Waals surface area (Å²) in [6.07, 6.45) is 1.05. The molecule has 0 bridgehead atoms. The number of imide groups is 1. The first kappa shape index (κ1) is 16.4. The Kier molecular flexibility index (Phi) is 9.57. The van der Waals surface area contributed by atoms with E-state index in [1.54, 1.807) is 0 Å². The van der Waals surface area contributed by atoms with Crippen LogP contribution in [0.1, 0.15) is 32.6 Å². The lowest BCUT2D eigenvalue weighted by molar-refractivity contribution is -0.137. The van der Waals surface area contributed by atoms with E-state index in [9.17, 15) is 14.4 Å². The van der Waals surface area contributed by atoms with Gasteiger partial charge in [0.05, 0.1) is 6.61 Å². The number of hydrogen-bond acceptors (Lipinski definition) is 4. The molecule has 0 rings (SSSR count). The maximum Gasteiger partial charge on any atom is 0.321 e. The summed E-state index contributed by atoms with van der Waals surface area (Å²) in [6.45, 7) is 3.16. The Bertz CT molecular complexity index is 281. The molecule has 7 heteroatoms. The molecule has 0 unspecified atom stereocenters. The number of carboxylic acid groups (broad SMARTS) is 1. The second kappa shape index (κ2) is 10.5. The molecule has 0 saturated carbocycles. The number of rotatable bonds is 9. The van der Waals surface area contributed by atoms with Crippen LogP contribution < -0.4 is 10.6 Å². The van der Waals surface area contributed by atoms with Crippen LogP contribution in [0.15, 0.2) is 0 Å². The van der Waals surface area contributed by atoms with Gasteiger partial charge in [0.15, 0.2) is 0 Å². The molecule has 0 aromatic carbocycles. The molecule has 0 radical (unpaired) electrons. The highest BCUT2D eigenvalue weighted by atomic mass is 16.5. The third-order valence-corrected chi connectivity index (χ3v) is 2.03. The van der Waals surface area contributed by atoms with Crippen LogP contribution in [0.3, 0.4) is 0 Å². The Labute approximate surface area is 106 Å². The van der Waals surface area contributed by atoms with Gasteiger partial charge in [-0.25, -0.2) is 4.79 Å². The van der Waals surface area contributed by atoms with E-state index in [-0.39, 0.29) is 12.8 Å². The first-order valence-corrected chi connectivity index (χ1v) is 5.93. The van der Waals surface area contributed by atoms with Gasteiger partial charge < -0.3 is 15.2 Å². The van der Waals surface area contributed by atoms with Crippen molar-refractivity contribution in [2.24, 2.45) is 0 Å². The van der Waals surface area contributed by atoms with Crippen molar-refractivity contribution in [1.29, 1.82) is 0 Å². The van der Waals surface area contributed by atoms with Crippen molar-refractivity contribution in [3.8, 4) is 0 Å². The minimum absolute atomic E-state index is 0.0355. The average Bonchev–Trinajstić information content (AvgIpc) is 2.30. The van der Waals surface area contributed by atoms with E-state index in [0.717, 1.165) is 0 Å². The minimum Gasteiger partial charge on any atom is -0.481 e. The van der Waals surface area contributed by atoms with Crippen molar-refractivity contribution in [3.63, 3.8) is 0 Å². The van der Waals surface area contributed by atoms with Crippen molar-refractivity contribution in [1.82, 2.24) is 10.6 Å². The molecule has 0 fully saturated rings. The number of aliphatic carboxylic acids is 1. The van der Waals surface area contributed by atoms with Crippen LogP contribution in [0.2, 0.25) is 0 Å². The SMILES string of the molecule is CCOCCNC(=O)NC(=O)CCCCC(=O)O. The molecule has 0 heterocycles. The Hall–Kier alpha value is -1.63. The van der Waals surface area contributed by atoms with Gasteiger partial charge in [-0.2, -0.15) is 0 Å². The maximum absolute atomic E-state index is 11.2. The van der Waals surface area contributed by atoms with Crippen molar-refractivity contribution < 1.29 is 24.2 Å².